The Morgan fingerprint density at radius 1 is 1.10 bits per heavy atom. The second-order valence-electron chi connectivity index (χ2n) is 4.47. The van der Waals surface area contributed by atoms with E-state index in [4.69, 9.17) is 10.6 Å². The summed E-state index contributed by atoms with van der Waals surface area (Å²) < 4.78 is 5.12. The van der Waals surface area contributed by atoms with Gasteiger partial charge >= 0.3 is 0 Å². The predicted molar refractivity (Wildman–Crippen MR) is 86.5 cm³/mol. The third kappa shape index (κ3) is 4.59. The molecule has 2 aromatic rings. The van der Waals surface area contributed by atoms with Crippen molar-refractivity contribution in [3.8, 4) is 0 Å². The highest BCUT2D eigenvalue weighted by Crippen LogP contribution is 2.19. The van der Waals surface area contributed by atoms with Crippen LogP contribution in [0.3, 0.4) is 0 Å². The van der Waals surface area contributed by atoms with Crippen molar-refractivity contribution in [1.29, 1.82) is 0 Å². The fraction of sp³-hybridized carbons (Fsp3) is 0.188. The van der Waals surface area contributed by atoms with Gasteiger partial charge in [-0.2, -0.15) is 0 Å². The summed E-state index contributed by atoms with van der Waals surface area (Å²) in [6.45, 7) is 0.657. The molecule has 2 rings (SSSR count). The van der Waals surface area contributed by atoms with E-state index in [-0.39, 0.29) is 0 Å². The summed E-state index contributed by atoms with van der Waals surface area (Å²) in [6, 6.07) is 17.7. The topological polar surface area (TPSA) is 71.7 Å². The molecular formula is C16H20N4O. The summed E-state index contributed by atoms with van der Waals surface area (Å²) in [5.41, 5.74) is 5.49. The Kier molecular flexibility index (Phi) is 5.75. The van der Waals surface area contributed by atoms with Crippen molar-refractivity contribution in [2.45, 2.75) is 6.42 Å². The molecule has 0 unspecified atom stereocenters. The molecule has 110 valence electrons. The number of hydrogen-bond donors (Lipinski definition) is 3. The van der Waals surface area contributed by atoms with E-state index < -0.39 is 0 Å². The number of ether oxygens (including phenoxy) is 1. The molecule has 0 spiro atoms. The molecule has 0 radical (unpaired) electrons. The number of hydrogen-bond acceptors (Lipinski definition) is 3. The van der Waals surface area contributed by atoms with E-state index >= 15 is 0 Å². The van der Waals surface area contributed by atoms with Crippen molar-refractivity contribution < 1.29 is 4.74 Å². The first-order valence-electron chi connectivity index (χ1n) is 6.77. The monoisotopic (exact) mass is 284 g/mol. The molecule has 0 aliphatic rings. The van der Waals surface area contributed by atoms with Crippen LogP contribution in [0.2, 0.25) is 0 Å². The van der Waals surface area contributed by atoms with Gasteiger partial charge in [-0.15, -0.1) is 0 Å². The van der Waals surface area contributed by atoms with Gasteiger partial charge in [0.05, 0.1) is 12.3 Å². The van der Waals surface area contributed by atoms with E-state index in [1.165, 1.54) is 0 Å². The van der Waals surface area contributed by atoms with E-state index in [1.54, 1.807) is 7.11 Å². The molecule has 4 N–H and O–H groups in total. The fourth-order valence-electron chi connectivity index (χ4n) is 1.92. The van der Waals surface area contributed by atoms with Gasteiger partial charge in [0.1, 0.15) is 0 Å². The highest BCUT2D eigenvalue weighted by Gasteiger charge is 2.03. The van der Waals surface area contributed by atoms with Crippen molar-refractivity contribution in [1.82, 2.24) is 5.43 Å². The van der Waals surface area contributed by atoms with Gasteiger partial charge in [-0.3, -0.25) is 5.43 Å². The highest BCUT2D eigenvalue weighted by atomic mass is 16.5. The number of benzene rings is 2. The number of aliphatic imine (C=N–C) groups is 1. The number of nitrogens with zero attached hydrogens (tertiary/aromatic N) is 1. The van der Waals surface area contributed by atoms with Gasteiger partial charge < -0.3 is 10.1 Å². The average Bonchev–Trinajstić information content (AvgIpc) is 2.54. The molecule has 21 heavy (non-hydrogen) atoms. The van der Waals surface area contributed by atoms with Crippen LogP contribution in [-0.4, -0.2) is 19.7 Å². The molecule has 0 aromatic heterocycles. The average molecular weight is 284 g/mol. The quantitative estimate of drug-likeness (QED) is 0.341. The number of nitrogens with one attached hydrogen (secondary N) is 2. The first-order valence-corrected chi connectivity index (χ1v) is 6.77. The molecule has 0 saturated carbocycles. The minimum absolute atomic E-state index is 0.492. The van der Waals surface area contributed by atoms with Crippen LogP contribution in [0.5, 0.6) is 0 Å². The minimum atomic E-state index is 0.492. The van der Waals surface area contributed by atoms with E-state index in [9.17, 15) is 0 Å². The molecule has 0 atom stereocenters. The first-order chi connectivity index (χ1) is 10.3. The number of guanidine groups is 1. The van der Waals surface area contributed by atoms with Crippen molar-refractivity contribution in [3.63, 3.8) is 0 Å². The molecule has 0 amide bonds. The van der Waals surface area contributed by atoms with E-state index in [1.807, 2.05) is 54.6 Å². The summed E-state index contributed by atoms with van der Waals surface area (Å²) in [4.78, 5) is 4.54. The summed E-state index contributed by atoms with van der Waals surface area (Å²) in [7, 11) is 1.69. The maximum atomic E-state index is 5.55. The maximum Gasteiger partial charge on any atom is 0.215 e. The molecule has 0 fully saturated rings. The molecule has 0 saturated heterocycles. The second-order valence-corrected chi connectivity index (χ2v) is 4.47. The highest BCUT2D eigenvalue weighted by molar-refractivity contribution is 5.95. The molecule has 0 heterocycles. The van der Waals surface area contributed by atoms with E-state index in [0.29, 0.717) is 12.6 Å². The Balaban J connectivity index is 2.19. The number of anilines is 1. The summed E-state index contributed by atoms with van der Waals surface area (Å²) >= 11 is 0. The van der Waals surface area contributed by atoms with Crippen LogP contribution in [0.15, 0.2) is 59.6 Å². The van der Waals surface area contributed by atoms with E-state index in [0.717, 1.165) is 23.4 Å². The first kappa shape index (κ1) is 15.0. The molecule has 0 aliphatic carbocycles. The lowest BCUT2D eigenvalue weighted by Crippen LogP contribution is -2.36. The van der Waals surface area contributed by atoms with Crippen LogP contribution in [-0.2, 0) is 11.2 Å². The minimum Gasteiger partial charge on any atom is -0.384 e. The van der Waals surface area contributed by atoms with Gasteiger partial charge in [0, 0.05) is 12.8 Å². The van der Waals surface area contributed by atoms with Crippen LogP contribution < -0.4 is 16.6 Å². The molecule has 0 bridgehead atoms. The number of para-hydroxylation sites is 2. The Labute approximate surface area is 124 Å². The third-order valence-electron chi connectivity index (χ3n) is 2.97. The third-order valence-corrected chi connectivity index (χ3v) is 2.97. The molecule has 0 aliphatic heterocycles. The molecule has 2 aromatic carbocycles. The predicted octanol–water partition coefficient (Wildman–Crippen LogP) is 2.44. The van der Waals surface area contributed by atoms with Crippen molar-refractivity contribution >= 4 is 17.3 Å². The lowest BCUT2D eigenvalue weighted by Gasteiger charge is -2.11. The lowest BCUT2D eigenvalue weighted by atomic mass is 10.1. The van der Waals surface area contributed by atoms with Gasteiger partial charge in [0.25, 0.3) is 0 Å². The second kappa shape index (κ2) is 8.04. The summed E-state index contributed by atoms with van der Waals surface area (Å²) in [6.07, 6.45) is 0.805. The zero-order valence-corrected chi connectivity index (χ0v) is 12.0. The smallest absolute Gasteiger partial charge is 0.215 e. The van der Waals surface area contributed by atoms with Crippen LogP contribution in [0.4, 0.5) is 11.4 Å². The zero-order valence-electron chi connectivity index (χ0n) is 12.0. The number of rotatable bonds is 5. The number of methoxy groups -OCH3 is 1. The number of nitrogens with two attached hydrogens (primary N) is 1. The summed E-state index contributed by atoms with van der Waals surface area (Å²) in [5, 5.41) is 3.14. The van der Waals surface area contributed by atoms with Crippen LogP contribution in [0.1, 0.15) is 5.56 Å². The maximum absolute atomic E-state index is 5.55. The zero-order chi connectivity index (χ0) is 14.9. The SMILES string of the molecule is COCCc1ccccc1N=C(NN)Nc1ccccc1. The van der Waals surface area contributed by atoms with Gasteiger partial charge in [-0.05, 0) is 30.2 Å². The van der Waals surface area contributed by atoms with Crippen LogP contribution in [0, 0.1) is 0 Å². The van der Waals surface area contributed by atoms with Gasteiger partial charge in [0.15, 0.2) is 0 Å². The Morgan fingerprint density at radius 2 is 1.81 bits per heavy atom. The van der Waals surface area contributed by atoms with E-state index in [2.05, 4.69) is 15.7 Å². The van der Waals surface area contributed by atoms with Crippen molar-refractivity contribution in [2.24, 2.45) is 10.8 Å². The van der Waals surface area contributed by atoms with Crippen LogP contribution >= 0.6 is 0 Å². The Bertz CT molecular complexity index is 584. The van der Waals surface area contributed by atoms with Gasteiger partial charge in [-0.1, -0.05) is 36.4 Å². The van der Waals surface area contributed by atoms with Gasteiger partial charge in [0.2, 0.25) is 5.96 Å². The van der Waals surface area contributed by atoms with Crippen LogP contribution in [0.25, 0.3) is 0 Å². The fourth-order valence-corrected chi connectivity index (χ4v) is 1.92. The molecular weight excluding hydrogens is 264 g/mol. The van der Waals surface area contributed by atoms with Crippen molar-refractivity contribution in [2.75, 3.05) is 19.0 Å². The molecule has 5 heteroatoms. The molecule has 5 nitrogen and oxygen atoms in total. The van der Waals surface area contributed by atoms with Crippen molar-refractivity contribution in [3.05, 3.63) is 60.2 Å². The largest absolute Gasteiger partial charge is 0.384 e. The Hall–Kier alpha value is -2.37. The van der Waals surface area contributed by atoms with Gasteiger partial charge in [-0.25, -0.2) is 10.8 Å². The lowest BCUT2D eigenvalue weighted by molar-refractivity contribution is 0.202. The normalized spacial score (nSPS) is 11.2. The standard InChI is InChI=1S/C16H20N4O/c1-21-12-11-13-7-5-6-10-15(13)19-16(20-17)18-14-8-3-2-4-9-14/h2-10H,11-12,17H2,1H3,(H2,18,19,20). The summed E-state index contributed by atoms with van der Waals surface area (Å²) in [5.74, 6) is 6.04. The number of hydrazine groups is 1. The Morgan fingerprint density at radius 3 is 2.52 bits per heavy atom.